The zero-order valence-corrected chi connectivity index (χ0v) is 16.9. The van der Waals surface area contributed by atoms with Gasteiger partial charge in [0.25, 0.3) is 5.91 Å². The Kier molecular flexibility index (Phi) is 5.95. The Bertz CT molecular complexity index is 975. The molecule has 1 aromatic heterocycles. The lowest BCUT2D eigenvalue weighted by Crippen LogP contribution is -2.42. The fourth-order valence-electron chi connectivity index (χ4n) is 3.47. The van der Waals surface area contributed by atoms with Gasteiger partial charge < -0.3 is 15.3 Å². The van der Waals surface area contributed by atoms with Crippen molar-refractivity contribution in [3.63, 3.8) is 0 Å². The summed E-state index contributed by atoms with van der Waals surface area (Å²) in [4.78, 5) is 19.0. The summed E-state index contributed by atoms with van der Waals surface area (Å²) >= 11 is 0. The number of hydrogen-bond donors (Lipinski definition) is 2. The predicted molar refractivity (Wildman–Crippen MR) is 113 cm³/mol. The topological polar surface area (TPSA) is 65.5 Å². The summed E-state index contributed by atoms with van der Waals surface area (Å²) in [7, 11) is 4.02. The van der Waals surface area contributed by atoms with Crippen LogP contribution in [-0.4, -0.2) is 47.6 Å². The molecule has 2 aromatic carbocycles. The van der Waals surface area contributed by atoms with E-state index >= 15 is 0 Å². The molecule has 3 rings (SSSR count). The second kappa shape index (κ2) is 8.40. The average Bonchev–Trinajstić information content (AvgIpc) is 2.65. The van der Waals surface area contributed by atoms with Crippen LogP contribution in [0.1, 0.15) is 27.2 Å². The minimum absolute atomic E-state index is 0.131. The molecule has 0 bridgehead atoms. The van der Waals surface area contributed by atoms with Gasteiger partial charge in [-0.3, -0.25) is 9.78 Å². The number of likely N-dealkylation sites (N-methyl/N-ethyl adjacent to an activating group) is 1. The Hall–Kier alpha value is -2.92. The fraction of sp³-hybridized carbons (Fsp3) is 0.304. The number of nitrogens with zero attached hydrogens (tertiary/aromatic N) is 2. The number of nitrogens with one attached hydrogen (secondary N) is 1. The van der Waals surface area contributed by atoms with Gasteiger partial charge in [0.1, 0.15) is 11.4 Å². The molecule has 1 heterocycles. The Morgan fingerprint density at radius 1 is 1.11 bits per heavy atom. The number of pyridine rings is 1. The highest BCUT2D eigenvalue weighted by atomic mass is 16.3. The zero-order chi connectivity index (χ0) is 20.3. The van der Waals surface area contributed by atoms with Crippen LogP contribution in [0.25, 0.3) is 10.8 Å². The van der Waals surface area contributed by atoms with Crippen molar-refractivity contribution in [1.82, 2.24) is 15.2 Å². The molecule has 0 radical (unpaired) electrons. The second-order valence-corrected chi connectivity index (χ2v) is 7.51. The van der Waals surface area contributed by atoms with E-state index in [9.17, 15) is 9.90 Å². The summed E-state index contributed by atoms with van der Waals surface area (Å²) in [6.07, 6.45) is 2.52. The normalized spacial score (nSPS) is 12.3. The van der Waals surface area contributed by atoms with Crippen LogP contribution in [0.2, 0.25) is 0 Å². The molecule has 0 aliphatic carbocycles. The predicted octanol–water partition coefficient (Wildman–Crippen LogP) is 3.46. The van der Waals surface area contributed by atoms with E-state index in [-0.39, 0.29) is 17.7 Å². The van der Waals surface area contributed by atoms with Crippen molar-refractivity contribution in [1.29, 1.82) is 0 Å². The number of fused-ring (bicyclic) bond motifs is 1. The van der Waals surface area contributed by atoms with Gasteiger partial charge in [-0.15, -0.1) is 0 Å². The number of amides is 1. The van der Waals surface area contributed by atoms with Gasteiger partial charge in [-0.2, -0.15) is 0 Å². The Balaban J connectivity index is 1.71. The largest absolute Gasteiger partial charge is 0.508 e. The van der Waals surface area contributed by atoms with E-state index in [1.807, 2.05) is 58.3 Å². The SMILES string of the molecule is Cc1cc(O)cc(C)c1C[C@@H](CNC(=O)c1cc2ccccc2cn1)N(C)C. The van der Waals surface area contributed by atoms with E-state index < -0.39 is 0 Å². The lowest BCUT2D eigenvalue weighted by Gasteiger charge is -2.26. The number of hydrogen-bond acceptors (Lipinski definition) is 4. The molecule has 0 fully saturated rings. The summed E-state index contributed by atoms with van der Waals surface area (Å²) < 4.78 is 0. The van der Waals surface area contributed by atoms with Crippen LogP contribution in [-0.2, 0) is 6.42 Å². The van der Waals surface area contributed by atoms with Crippen molar-refractivity contribution in [3.05, 3.63) is 71.0 Å². The van der Waals surface area contributed by atoms with Crippen LogP contribution in [0, 0.1) is 13.8 Å². The van der Waals surface area contributed by atoms with Gasteiger partial charge in [0.2, 0.25) is 0 Å². The Morgan fingerprint density at radius 2 is 1.75 bits per heavy atom. The first kappa shape index (κ1) is 19.8. The number of phenols is 1. The van der Waals surface area contributed by atoms with Crippen molar-refractivity contribution in [2.24, 2.45) is 0 Å². The van der Waals surface area contributed by atoms with Crippen LogP contribution in [0.3, 0.4) is 0 Å². The van der Waals surface area contributed by atoms with Gasteiger partial charge in [0.15, 0.2) is 0 Å². The molecule has 5 heteroatoms. The van der Waals surface area contributed by atoms with E-state index in [2.05, 4.69) is 15.2 Å². The molecule has 0 saturated carbocycles. The minimum atomic E-state index is -0.170. The molecule has 1 atom stereocenters. The maximum Gasteiger partial charge on any atom is 0.269 e. The van der Waals surface area contributed by atoms with E-state index in [0.29, 0.717) is 12.2 Å². The average molecular weight is 377 g/mol. The van der Waals surface area contributed by atoms with Crippen molar-refractivity contribution < 1.29 is 9.90 Å². The number of benzene rings is 2. The quantitative estimate of drug-likeness (QED) is 0.690. The number of rotatable bonds is 6. The standard InChI is InChI=1S/C23H27N3O2/c1-15-9-20(27)10-16(2)21(15)12-19(26(3)4)14-25-23(28)22-11-17-7-5-6-8-18(17)13-24-22/h5-11,13,19,27H,12,14H2,1-4H3,(H,25,28)/t19-/m0/s1. The number of phenolic OH excluding ortho intramolecular Hbond substituents is 1. The fourth-order valence-corrected chi connectivity index (χ4v) is 3.47. The van der Waals surface area contributed by atoms with Gasteiger partial charge in [0, 0.05) is 24.2 Å². The maximum absolute atomic E-state index is 12.6. The molecular formula is C23H27N3O2. The van der Waals surface area contributed by atoms with Crippen LogP contribution in [0.5, 0.6) is 5.75 Å². The van der Waals surface area contributed by atoms with Gasteiger partial charge in [-0.05, 0) is 74.6 Å². The lowest BCUT2D eigenvalue weighted by atomic mass is 9.95. The summed E-state index contributed by atoms with van der Waals surface area (Å²) in [5, 5.41) is 14.8. The van der Waals surface area contributed by atoms with Crippen LogP contribution in [0.4, 0.5) is 0 Å². The molecule has 0 aliphatic rings. The number of aryl methyl sites for hydroxylation is 2. The van der Waals surface area contributed by atoms with Gasteiger partial charge >= 0.3 is 0 Å². The Morgan fingerprint density at radius 3 is 2.39 bits per heavy atom. The number of carbonyl (C=O) groups is 1. The smallest absolute Gasteiger partial charge is 0.269 e. The van der Waals surface area contributed by atoms with Gasteiger partial charge in [0.05, 0.1) is 0 Å². The number of aromatic nitrogens is 1. The van der Waals surface area contributed by atoms with Crippen molar-refractivity contribution in [2.45, 2.75) is 26.3 Å². The van der Waals surface area contributed by atoms with E-state index in [1.54, 1.807) is 18.3 Å². The molecule has 0 saturated heterocycles. The second-order valence-electron chi connectivity index (χ2n) is 7.51. The third-order valence-corrected chi connectivity index (χ3v) is 5.21. The first-order valence-electron chi connectivity index (χ1n) is 9.43. The molecule has 0 unspecified atom stereocenters. The highest BCUT2D eigenvalue weighted by Crippen LogP contribution is 2.22. The summed E-state index contributed by atoms with van der Waals surface area (Å²) in [5.74, 6) is 0.118. The van der Waals surface area contributed by atoms with E-state index in [4.69, 9.17) is 0 Å². The van der Waals surface area contributed by atoms with Crippen LogP contribution in [0.15, 0.2) is 48.7 Å². The molecule has 0 spiro atoms. The van der Waals surface area contributed by atoms with Crippen molar-refractivity contribution in [2.75, 3.05) is 20.6 Å². The summed E-state index contributed by atoms with van der Waals surface area (Å²) in [6, 6.07) is 13.4. The van der Waals surface area contributed by atoms with Crippen LogP contribution < -0.4 is 5.32 Å². The molecule has 28 heavy (non-hydrogen) atoms. The zero-order valence-electron chi connectivity index (χ0n) is 16.9. The lowest BCUT2D eigenvalue weighted by molar-refractivity contribution is 0.0937. The van der Waals surface area contributed by atoms with E-state index in [0.717, 1.165) is 28.3 Å². The number of carbonyl (C=O) groups excluding carboxylic acids is 1. The summed E-state index contributed by atoms with van der Waals surface area (Å²) in [5.41, 5.74) is 3.75. The first-order valence-corrected chi connectivity index (χ1v) is 9.43. The van der Waals surface area contributed by atoms with E-state index in [1.165, 1.54) is 5.56 Å². The number of aromatic hydroxyl groups is 1. The Labute approximate surface area is 166 Å². The molecular weight excluding hydrogens is 350 g/mol. The highest BCUT2D eigenvalue weighted by molar-refractivity contribution is 5.96. The highest BCUT2D eigenvalue weighted by Gasteiger charge is 2.18. The minimum Gasteiger partial charge on any atom is -0.508 e. The maximum atomic E-state index is 12.6. The van der Waals surface area contributed by atoms with Crippen molar-refractivity contribution in [3.8, 4) is 5.75 Å². The first-order chi connectivity index (χ1) is 13.3. The molecule has 0 aliphatic heterocycles. The molecule has 3 aromatic rings. The molecule has 1 amide bonds. The van der Waals surface area contributed by atoms with Gasteiger partial charge in [-0.25, -0.2) is 0 Å². The third-order valence-electron chi connectivity index (χ3n) is 5.21. The molecule has 2 N–H and O–H groups in total. The van der Waals surface area contributed by atoms with Crippen LogP contribution >= 0.6 is 0 Å². The molecule has 5 nitrogen and oxygen atoms in total. The van der Waals surface area contributed by atoms with Gasteiger partial charge in [-0.1, -0.05) is 24.3 Å². The summed E-state index contributed by atoms with van der Waals surface area (Å²) in [6.45, 7) is 4.53. The van der Waals surface area contributed by atoms with Crippen molar-refractivity contribution >= 4 is 16.7 Å². The molecule has 146 valence electrons. The monoisotopic (exact) mass is 377 g/mol. The third kappa shape index (κ3) is 4.49.